The minimum absolute atomic E-state index is 0.252. The Bertz CT molecular complexity index is 1020. The molecule has 1 saturated heterocycles. The Morgan fingerprint density at radius 3 is 2.69 bits per heavy atom. The Morgan fingerprint density at radius 2 is 2.00 bits per heavy atom. The van der Waals surface area contributed by atoms with Crippen LogP contribution < -0.4 is 15.8 Å². The second-order valence-electron chi connectivity index (χ2n) is 8.61. The number of rotatable bonds is 7. The first-order chi connectivity index (χ1) is 14.0. The lowest BCUT2D eigenvalue weighted by Gasteiger charge is -2.22. The van der Waals surface area contributed by atoms with E-state index < -0.39 is 0 Å². The van der Waals surface area contributed by atoms with Crippen LogP contribution in [0.5, 0.6) is 0 Å². The molecular formula is C24H32N2O2S+2. The number of nitrogens with one attached hydrogen (secondary N) is 1. The molecule has 29 heavy (non-hydrogen) atoms. The molecule has 4 rings (SSSR count). The van der Waals surface area contributed by atoms with Gasteiger partial charge in [-0.2, -0.15) is 0 Å². The molecule has 3 N–H and O–H groups in total. The van der Waals surface area contributed by atoms with Crippen LogP contribution >= 0.6 is 11.3 Å². The van der Waals surface area contributed by atoms with Crippen molar-refractivity contribution in [1.29, 1.82) is 0 Å². The first-order valence-corrected chi connectivity index (χ1v) is 11.7. The number of likely N-dealkylation sites (tertiary alicyclic amines) is 1. The summed E-state index contributed by atoms with van der Waals surface area (Å²) < 4.78 is 5.51. The molecule has 1 aliphatic heterocycles. The third-order valence-electron chi connectivity index (χ3n) is 6.23. The van der Waals surface area contributed by atoms with Crippen molar-refractivity contribution in [3.63, 3.8) is 0 Å². The summed E-state index contributed by atoms with van der Waals surface area (Å²) in [5.41, 5.74) is 4.05. The van der Waals surface area contributed by atoms with E-state index in [0.717, 1.165) is 24.0 Å². The number of fused-ring (bicyclic) bond motifs is 1. The number of thiophene rings is 1. The summed E-state index contributed by atoms with van der Waals surface area (Å²) in [7, 11) is 0. The van der Waals surface area contributed by atoms with Crippen molar-refractivity contribution in [2.24, 2.45) is 0 Å². The van der Waals surface area contributed by atoms with Gasteiger partial charge in [-0.3, -0.25) is 0 Å². The normalized spacial score (nSPS) is 16.1. The highest BCUT2D eigenvalue weighted by Gasteiger charge is 2.29. The van der Waals surface area contributed by atoms with Crippen LogP contribution in [0.25, 0.3) is 11.0 Å². The van der Waals surface area contributed by atoms with Crippen LogP contribution in [-0.2, 0) is 6.54 Å². The maximum atomic E-state index is 12.1. The molecule has 0 spiro atoms. The van der Waals surface area contributed by atoms with E-state index in [0.29, 0.717) is 17.5 Å². The highest BCUT2D eigenvalue weighted by molar-refractivity contribution is 7.10. The first kappa shape index (κ1) is 20.3. The van der Waals surface area contributed by atoms with E-state index in [-0.39, 0.29) is 5.63 Å². The molecule has 1 fully saturated rings. The van der Waals surface area contributed by atoms with E-state index in [4.69, 9.17) is 4.42 Å². The van der Waals surface area contributed by atoms with E-state index in [1.807, 2.05) is 17.4 Å². The van der Waals surface area contributed by atoms with Gasteiger partial charge in [-0.1, -0.05) is 19.9 Å². The molecule has 4 nitrogen and oxygen atoms in total. The monoisotopic (exact) mass is 412 g/mol. The van der Waals surface area contributed by atoms with Crippen LogP contribution in [0.4, 0.5) is 0 Å². The Morgan fingerprint density at radius 1 is 1.21 bits per heavy atom. The van der Waals surface area contributed by atoms with Crippen molar-refractivity contribution in [2.45, 2.75) is 52.1 Å². The molecule has 0 radical (unpaired) electrons. The van der Waals surface area contributed by atoms with E-state index in [2.05, 4.69) is 49.7 Å². The largest absolute Gasteiger partial charge is 0.423 e. The van der Waals surface area contributed by atoms with Gasteiger partial charge in [0, 0.05) is 29.9 Å². The van der Waals surface area contributed by atoms with Crippen molar-refractivity contribution in [2.75, 3.05) is 19.6 Å². The molecule has 154 valence electrons. The molecule has 0 bridgehead atoms. The lowest BCUT2D eigenvalue weighted by molar-refractivity contribution is -0.934. The zero-order valence-corrected chi connectivity index (χ0v) is 18.5. The second kappa shape index (κ2) is 8.82. The molecule has 0 amide bonds. The Hall–Kier alpha value is -1.95. The summed E-state index contributed by atoms with van der Waals surface area (Å²) in [6.07, 6.45) is 2.66. The van der Waals surface area contributed by atoms with Crippen LogP contribution in [-0.4, -0.2) is 19.6 Å². The standard InChI is InChI=1S/C24H30N2O2S/c1-16(2)19-13-20-18(12-24(27)28-22(20)11-17(19)3)14-25-15-21(23-7-6-10-29-23)26-8-4-5-9-26/h6-7,10-13,16,21,25H,4-5,8-9,14-15H2,1-3H3/p+2/t21-/m0/s1. The third kappa shape index (κ3) is 4.47. The van der Waals surface area contributed by atoms with E-state index >= 15 is 0 Å². The average molecular weight is 413 g/mol. The van der Waals surface area contributed by atoms with Gasteiger partial charge >= 0.3 is 5.63 Å². The molecule has 2 aromatic heterocycles. The Labute approximate surface area is 176 Å². The van der Waals surface area contributed by atoms with E-state index in [1.54, 1.807) is 11.0 Å². The van der Waals surface area contributed by atoms with Crippen molar-refractivity contribution in [1.82, 2.24) is 0 Å². The summed E-state index contributed by atoms with van der Waals surface area (Å²) in [5, 5.41) is 5.64. The fourth-order valence-electron chi connectivity index (χ4n) is 4.74. The van der Waals surface area contributed by atoms with E-state index in [1.165, 1.54) is 41.9 Å². The van der Waals surface area contributed by atoms with Crippen molar-refractivity contribution < 1.29 is 14.6 Å². The van der Waals surface area contributed by atoms with Gasteiger partial charge in [0.15, 0.2) is 6.04 Å². The zero-order valence-electron chi connectivity index (χ0n) is 17.7. The van der Waals surface area contributed by atoms with Gasteiger partial charge in [-0.05, 0) is 47.5 Å². The number of aryl methyl sites for hydroxylation is 1. The SMILES string of the molecule is Cc1cc2oc(=O)cc(C[NH2+]C[C@@H](c3cccs3)[NH+]3CCCC3)c2cc1C(C)C. The molecule has 1 aromatic carbocycles. The van der Waals surface area contributed by atoms with Gasteiger partial charge in [0.1, 0.15) is 18.7 Å². The fraction of sp³-hybridized carbons (Fsp3) is 0.458. The third-order valence-corrected chi connectivity index (χ3v) is 7.22. The van der Waals surface area contributed by atoms with E-state index in [9.17, 15) is 4.79 Å². The lowest BCUT2D eigenvalue weighted by atomic mass is 9.95. The molecule has 1 aliphatic rings. The molecule has 0 aliphatic carbocycles. The topological polar surface area (TPSA) is 51.3 Å². The maximum absolute atomic E-state index is 12.1. The van der Waals surface area contributed by atoms with Crippen LogP contribution in [0.1, 0.15) is 60.2 Å². The molecular weight excluding hydrogens is 380 g/mol. The summed E-state index contributed by atoms with van der Waals surface area (Å²) >= 11 is 1.87. The zero-order chi connectivity index (χ0) is 20.4. The lowest BCUT2D eigenvalue weighted by Crippen LogP contribution is -3.13. The van der Waals surface area contributed by atoms with Crippen LogP contribution in [0.15, 0.2) is 44.9 Å². The minimum atomic E-state index is -0.252. The van der Waals surface area contributed by atoms with Gasteiger partial charge in [-0.25, -0.2) is 4.79 Å². The number of quaternary nitrogens is 2. The Kier molecular flexibility index (Phi) is 6.18. The first-order valence-electron chi connectivity index (χ1n) is 10.8. The Balaban J connectivity index is 1.57. The predicted molar refractivity (Wildman–Crippen MR) is 119 cm³/mol. The van der Waals surface area contributed by atoms with Gasteiger partial charge in [0.25, 0.3) is 0 Å². The van der Waals surface area contributed by atoms with Crippen molar-refractivity contribution in [3.8, 4) is 0 Å². The molecule has 3 aromatic rings. The summed E-state index contributed by atoms with van der Waals surface area (Å²) in [6.45, 7) is 10.9. The molecule has 0 unspecified atom stereocenters. The van der Waals surface area contributed by atoms with Crippen molar-refractivity contribution in [3.05, 3.63) is 67.7 Å². The molecule has 3 heterocycles. The second-order valence-corrected chi connectivity index (χ2v) is 9.59. The van der Waals surface area contributed by atoms with Gasteiger partial charge in [-0.15, -0.1) is 11.3 Å². The fourth-order valence-corrected chi connectivity index (χ4v) is 5.64. The maximum Gasteiger partial charge on any atom is 0.336 e. The van der Waals surface area contributed by atoms with Crippen LogP contribution in [0.3, 0.4) is 0 Å². The smallest absolute Gasteiger partial charge is 0.336 e. The van der Waals surface area contributed by atoms with Crippen LogP contribution in [0.2, 0.25) is 0 Å². The number of benzene rings is 1. The summed E-state index contributed by atoms with van der Waals surface area (Å²) in [6, 6.07) is 10.9. The number of hydrogen-bond donors (Lipinski definition) is 2. The minimum Gasteiger partial charge on any atom is -0.423 e. The number of nitrogens with two attached hydrogens (primary N) is 1. The quantitative estimate of drug-likeness (QED) is 0.587. The summed E-state index contributed by atoms with van der Waals surface area (Å²) in [5.74, 6) is 0.449. The average Bonchev–Trinajstić information content (AvgIpc) is 3.38. The molecule has 5 heteroatoms. The predicted octanol–water partition coefficient (Wildman–Crippen LogP) is 2.77. The van der Waals surface area contributed by atoms with Gasteiger partial charge < -0.3 is 14.6 Å². The highest BCUT2D eigenvalue weighted by Crippen LogP contribution is 2.26. The van der Waals surface area contributed by atoms with Gasteiger partial charge in [0.2, 0.25) is 0 Å². The van der Waals surface area contributed by atoms with Crippen LogP contribution in [0, 0.1) is 6.92 Å². The van der Waals surface area contributed by atoms with Crippen molar-refractivity contribution >= 4 is 22.3 Å². The number of hydrogen-bond acceptors (Lipinski definition) is 3. The van der Waals surface area contributed by atoms with Gasteiger partial charge in [0.05, 0.1) is 18.0 Å². The summed E-state index contributed by atoms with van der Waals surface area (Å²) in [4.78, 5) is 15.3. The molecule has 1 atom stereocenters. The molecule has 0 saturated carbocycles. The highest BCUT2D eigenvalue weighted by atomic mass is 32.1.